The summed E-state index contributed by atoms with van der Waals surface area (Å²) >= 11 is 0. The zero-order valence-electron chi connectivity index (χ0n) is 83.6. The van der Waals surface area contributed by atoms with Crippen LogP contribution in [-0.2, 0) is 6.54 Å². The highest BCUT2D eigenvalue weighted by atomic mass is 16.5. The monoisotopic (exact) mass is 1890 g/mol. The molecule has 9 aromatic heterocycles. The van der Waals surface area contributed by atoms with Gasteiger partial charge in [0, 0.05) is 81.1 Å². The summed E-state index contributed by atoms with van der Waals surface area (Å²) in [6, 6.07) is 110. The van der Waals surface area contributed by atoms with Gasteiger partial charge in [0.2, 0.25) is 0 Å². The fourth-order valence-electron chi connectivity index (χ4n) is 17.1. The van der Waals surface area contributed by atoms with E-state index in [9.17, 15) is 0 Å². The molecule has 12 aromatic carbocycles. The molecule has 0 bridgehead atoms. The second kappa shape index (κ2) is 43.7. The van der Waals surface area contributed by atoms with E-state index < -0.39 is 0 Å². The summed E-state index contributed by atoms with van der Waals surface area (Å²) in [5, 5.41) is 25.9. The predicted octanol–water partition coefficient (Wildman–Crippen LogP) is 29.5. The average molecular weight is 1900 g/mol. The Labute approximate surface area is 834 Å². The van der Waals surface area contributed by atoms with Gasteiger partial charge in [0.1, 0.15) is 46.0 Å². The molecule has 22 rings (SSSR count). The summed E-state index contributed by atoms with van der Waals surface area (Å²) in [5.74, 6) is 8.60. The Bertz CT molecular complexity index is 7520. The van der Waals surface area contributed by atoms with Crippen molar-refractivity contribution < 1.29 is 37.9 Å². The molecule has 0 saturated carbocycles. The van der Waals surface area contributed by atoms with Gasteiger partial charge in [-0.15, -0.1) is 20.4 Å². The molecule has 21 nitrogen and oxygen atoms in total. The van der Waals surface area contributed by atoms with Gasteiger partial charge in [-0.2, -0.15) is 5.10 Å². The van der Waals surface area contributed by atoms with E-state index in [1.54, 1.807) is 0 Å². The normalized spacial score (nSPS) is 11.7. The van der Waals surface area contributed by atoms with Crippen molar-refractivity contribution in [1.82, 2.24) is 58.3 Å². The van der Waals surface area contributed by atoms with E-state index in [0.717, 1.165) is 165 Å². The number of ether oxygens (including phenoxy) is 8. The molecule has 0 saturated heterocycles. The first-order chi connectivity index (χ1) is 69.3. The van der Waals surface area contributed by atoms with Crippen molar-refractivity contribution in [2.45, 2.75) is 166 Å². The highest BCUT2D eigenvalue weighted by molar-refractivity contribution is 6.15. The van der Waals surface area contributed by atoms with E-state index in [0.29, 0.717) is 0 Å². The summed E-state index contributed by atoms with van der Waals surface area (Å²) in [4.78, 5) is 15.8. The van der Waals surface area contributed by atoms with Crippen molar-refractivity contribution in [1.29, 1.82) is 0 Å². The minimum Gasteiger partial charge on any atom is -0.491 e. The van der Waals surface area contributed by atoms with Crippen LogP contribution in [0.25, 0.3) is 145 Å². The van der Waals surface area contributed by atoms with Gasteiger partial charge < -0.3 is 52.4 Å². The molecule has 0 spiro atoms. The number of hydrogen-bond donors (Lipinski definition) is 2. The Morgan fingerprint density at radius 1 is 0.280 bits per heavy atom. The molecule has 143 heavy (non-hydrogen) atoms. The average Bonchev–Trinajstić information content (AvgIpc) is 1.66. The second-order valence-electron chi connectivity index (χ2n) is 37.5. The lowest BCUT2D eigenvalue weighted by Crippen LogP contribution is -2.06. The first-order valence-electron chi connectivity index (χ1n) is 49.0. The maximum absolute atomic E-state index is 5.77. The minimum absolute atomic E-state index is 0.148. The van der Waals surface area contributed by atoms with Crippen LogP contribution in [0.2, 0.25) is 0 Å². The van der Waals surface area contributed by atoms with Crippen LogP contribution in [0.4, 0.5) is 0 Å². The van der Waals surface area contributed by atoms with Gasteiger partial charge in [-0.1, -0.05) is 60.7 Å². The number of hydrogen-bond acceptors (Lipinski definition) is 15. The number of nitrogens with one attached hydrogen (secondary N) is 2. The Balaban J connectivity index is 0.000000118. The largest absolute Gasteiger partial charge is 0.491 e. The zero-order chi connectivity index (χ0) is 99.3. The first-order valence-corrected chi connectivity index (χ1v) is 49.0. The Kier molecular flexibility index (Phi) is 29.5. The van der Waals surface area contributed by atoms with E-state index in [-0.39, 0.29) is 48.8 Å². The van der Waals surface area contributed by atoms with Gasteiger partial charge in [-0.3, -0.25) is 13.8 Å². The number of nitrogens with zero attached hydrogens (tertiary/aromatic N) is 11. The molecule has 720 valence electrons. The van der Waals surface area contributed by atoms with Crippen LogP contribution in [-0.4, -0.2) is 113 Å². The van der Waals surface area contributed by atoms with E-state index in [4.69, 9.17) is 48.0 Å². The van der Waals surface area contributed by atoms with Crippen molar-refractivity contribution >= 4 is 55.4 Å². The first kappa shape index (κ1) is 96.5. The Morgan fingerprint density at radius 3 is 1.08 bits per heavy atom. The number of pyridine rings is 2. The zero-order valence-corrected chi connectivity index (χ0v) is 83.6. The van der Waals surface area contributed by atoms with Crippen molar-refractivity contribution in [3.8, 4) is 141 Å². The smallest absolute Gasteiger partial charge is 0.168 e. The highest BCUT2D eigenvalue weighted by Gasteiger charge is 2.22. The number of benzene rings is 12. The molecule has 0 aliphatic carbocycles. The lowest BCUT2D eigenvalue weighted by atomic mass is 9.95. The molecule has 10 heterocycles. The van der Waals surface area contributed by atoms with Crippen molar-refractivity contribution in [3.63, 3.8) is 0 Å². The third-order valence-electron chi connectivity index (χ3n) is 23.5. The predicted molar refractivity (Wildman–Crippen MR) is 578 cm³/mol. The second-order valence-corrected chi connectivity index (χ2v) is 37.5. The van der Waals surface area contributed by atoms with Gasteiger partial charge in [0.15, 0.2) is 28.6 Å². The van der Waals surface area contributed by atoms with Crippen LogP contribution in [0.3, 0.4) is 0 Å². The summed E-state index contributed by atoms with van der Waals surface area (Å²) in [6.07, 6.45) is 13.4. The van der Waals surface area contributed by atoms with Crippen LogP contribution in [0, 0.1) is 0 Å². The number of imidazole rings is 1. The fourth-order valence-corrected chi connectivity index (χ4v) is 17.1. The van der Waals surface area contributed by atoms with Gasteiger partial charge >= 0.3 is 0 Å². The van der Waals surface area contributed by atoms with E-state index in [1.165, 1.54) is 55.1 Å². The summed E-state index contributed by atoms with van der Waals surface area (Å²) in [7, 11) is 0. The summed E-state index contributed by atoms with van der Waals surface area (Å²) in [5.41, 5.74) is 26.9. The standard InChI is InChI=1S/C26H27NO2.C25H22N2O.2C24H25N3O2.C23H20N4O/c1-17(2)28-23-11-7-19(8-12-23)21-5-6-22-16-27-26(25(22)15-21)20-9-13-24(14-10-20)29-18(3)4;1-17(2)28-23-8-6-22(7-9-23)27-14-12-18-3-4-20(16-25(18)27)19-5-10-24-21(15-19)11-13-26-24;1-16(2)28-21-10-5-18(6-11-21)20-9-14-23-25-26-24(27(23)15-20)19-7-12-22(13-8-19)29-17(3)4;1-16(2)28-20-9-5-18(6-10-20)22-13-14-24-25-15-23(27(24)26-22)19-7-11-21(12-8-19)29-17(3)4;1-15(2)28-20-7-3-16(4-8-20)23-26-25-22-10-6-19(14-27(22)23)17-5-9-21-18(13-17)11-12-24-21/h5-15,17-18H,16H2,1-4H3;3-17,26H,1-2H3;2*5-17H,1-4H3;3-15,24H,1-2H3. The van der Waals surface area contributed by atoms with E-state index in [1.807, 2.05) is 313 Å². The van der Waals surface area contributed by atoms with Crippen molar-refractivity contribution in [2.24, 2.45) is 4.99 Å². The molecule has 21 aromatic rings. The van der Waals surface area contributed by atoms with Gasteiger partial charge in [-0.25, -0.2) is 9.50 Å². The lowest BCUT2D eigenvalue weighted by Gasteiger charge is -2.12. The van der Waals surface area contributed by atoms with Gasteiger partial charge in [0.25, 0.3) is 0 Å². The summed E-state index contributed by atoms with van der Waals surface area (Å²) < 4.78 is 54.1. The number of rotatable bonds is 26. The Morgan fingerprint density at radius 2 is 0.629 bits per heavy atom. The van der Waals surface area contributed by atoms with Crippen LogP contribution in [0.15, 0.2) is 364 Å². The maximum atomic E-state index is 5.77. The Hall–Kier alpha value is -16.8. The van der Waals surface area contributed by atoms with Crippen molar-refractivity contribution in [2.75, 3.05) is 0 Å². The number of aliphatic imine (C=N–C) groups is 1. The molecular formula is C122H119N13O8. The SMILES string of the molecule is CC(C)Oc1ccc(-c2ccc3ncc(-c4ccc(OC(C)C)cc4)n3n2)cc1.CC(C)Oc1ccc(-c2ccc3nnc(-c4ccc(OC(C)C)cc4)n3c2)cc1.CC(C)Oc1ccc(-c2nnc3ccc(-c4ccc5[nH]ccc5c4)cn23)cc1.CC(C)Oc1ccc(-n2ccc3ccc(-c4ccc5[nH]ccc5c4)cc32)cc1.CC(C)Oc1ccc(C2=NCc3ccc(-c4ccc(OC(C)C)cc4)cc32)cc1. The fraction of sp³-hybridized carbons (Fsp3) is 0.205. The molecule has 1 aliphatic heterocycles. The molecule has 0 amide bonds. The topological polar surface area (TPSA) is 213 Å². The molecule has 0 fully saturated rings. The lowest BCUT2D eigenvalue weighted by molar-refractivity contribution is 0.242. The highest BCUT2D eigenvalue weighted by Crippen LogP contribution is 2.37. The minimum atomic E-state index is 0.148. The third-order valence-corrected chi connectivity index (χ3v) is 23.5. The summed E-state index contributed by atoms with van der Waals surface area (Å²) in [6.45, 7) is 33.2. The molecule has 0 radical (unpaired) electrons. The molecular weight excluding hydrogens is 1780 g/mol. The van der Waals surface area contributed by atoms with Gasteiger partial charge in [0.05, 0.1) is 84.2 Å². The van der Waals surface area contributed by atoms with Crippen molar-refractivity contribution in [3.05, 3.63) is 375 Å². The molecule has 2 N–H and O–H groups in total. The van der Waals surface area contributed by atoms with E-state index in [2.05, 4.69) is 210 Å². The number of aromatic amines is 2. The number of H-pyrrole nitrogens is 2. The molecule has 0 unspecified atom stereocenters. The quantitative estimate of drug-likeness (QED) is 0.0516. The van der Waals surface area contributed by atoms with E-state index >= 15 is 0 Å². The van der Waals surface area contributed by atoms with Crippen LogP contribution in [0.5, 0.6) is 46.0 Å². The van der Waals surface area contributed by atoms with Gasteiger partial charge in [-0.05, 0) is 438 Å². The van der Waals surface area contributed by atoms with Crippen LogP contribution >= 0.6 is 0 Å². The molecule has 0 atom stereocenters. The molecule has 1 aliphatic rings. The van der Waals surface area contributed by atoms with Crippen LogP contribution < -0.4 is 37.9 Å². The number of aromatic nitrogens is 12. The third kappa shape index (κ3) is 23.7. The maximum Gasteiger partial charge on any atom is 0.168 e. The molecule has 21 heteroatoms. The van der Waals surface area contributed by atoms with Crippen LogP contribution in [0.1, 0.15) is 127 Å². The number of fused-ring (bicyclic) bond motifs is 7.